The molecule has 0 fully saturated rings. The molecule has 3 aromatic rings. The lowest BCUT2D eigenvalue weighted by molar-refractivity contribution is 0.275. The van der Waals surface area contributed by atoms with Gasteiger partial charge in [-0.2, -0.15) is 0 Å². The van der Waals surface area contributed by atoms with Crippen LogP contribution in [0, 0.1) is 12.7 Å². The van der Waals surface area contributed by atoms with Crippen LogP contribution in [-0.2, 0) is 13.2 Å². The Hall–Kier alpha value is -2.65. The lowest BCUT2D eigenvalue weighted by atomic mass is 9.99. The Bertz CT molecular complexity index is 788. The van der Waals surface area contributed by atoms with Crippen molar-refractivity contribution in [2.24, 2.45) is 0 Å². The molecule has 122 valence electrons. The monoisotopic (exact) mass is 322 g/mol. The smallest absolute Gasteiger partial charge is 0.129 e. The number of rotatable bonds is 5. The summed E-state index contributed by atoms with van der Waals surface area (Å²) in [5.74, 6) is 0.392. The molecule has 0 unspecified atom stereocenters. The van der Waals surface area contributed by atoms with E-state index < -0.39 is 0 Å². The van der Waals surface area contributed by atoms with Gasteiger partial charge in [0.05, 0.1) is 6.61 Å². The first kappa shape index (κ1) is 16.2. The van der Waals surface area contributed by atoms with Gasteiger partial charge in [-0.1, -0.05) is 48.5 Å². The normalized spacial score (nSPS) is 10.6. The minimum absolute atomic E-state index is 0.287. The zero-order valence-electron chi connectivity index (χ0n) is 13.5. The number of benzene rings is 3. The van der Waals surface area contributed by atoms with Crippen LogP contribution in [0.3, 0.4) is 0 Å². The van der Waals surface area contributed by atoms with Gasteiger partial charge in [0, 0.05) is 5.56 Å². The quantitative estimate of drug-likeness (QED) is 0.726. The Morgan fingerprint density at radius 3 is 2.25 bits per heavy atom. The molecule has 0 saturated carbocycles. The molecule has 3 aromatic carbocycles. The van der Waals surface area contributed by atoms with Crippen molar-refractivity contribution in [1.29, 1.82) is 0 Å². The first-order chi connectivity index (χ1) is 11.7. The Morgan fingerprint density at radius 2 is 1.62 bits per heavy atom. The van der Waals surface area contributed by atoms with Crippen molar-refractivity contribution < 1.29 is 14.2 Å². The predicted octanol–water partition coefficient (Wildman–Crippen LogP) is 4.87. The molecule has 0 aliphatic heterocycles. The number of hydrogen-bond acceptors (Lipinski definition) is 2. The first-order valence-electron chi connectivity index (χ1n) is 7.84. The second-order valence-electron chi connectivity index (χ2n) is 5.71. The third-order valence-corrected chi connectivity index (χ3v) is 4.01. The van der Waals surface area contributed by atoms with Crippen LogP contribution in [0.5, 0.6) is 5.75 Å². The molecular formula is C21H19FO2. The lowest BCUT2D eigenvalue weighted by Crippen LogP contribution is -1.96. The molecule has 0 bridgehead atoms. The zero-order chi connectivity index (χ0) is 16.9. The molecule has 0 saturated heterocycles. The highest BCUT2D eigenvalue weighted by molar-refractivity contribution is 5.65. The summed E-state index contributed by atoms with van der Waals surface area (Å²) < 4.78 is 19.8. The molecule has 0 amide bonds. The van der Waals surface area contributed by atoms with Gasteiger partial charge in [-0.15, -0.1) is 0 Å². The van der Waals surface area contributed by atoms with Gasteiger partial charge in [0.25, 0.3) is 0 Å². The average molecular weight is 322 g/mol. The van der Waals surface area contributed by atoms with Crippen LogP contribution in [0.25, 0.3) is 11.1 Å². The summed E-state index contributed by atoms with van der Waals surface area (Å²) in [5, 5.41) is 9.19. The van der Waals surface area contributed by atoms with Crippen LogP contribution in [0.2, 0.25) is 0 Å². The molecule has 0 heterocycles. The first-order valence-corrected chi connectivity index (χ1v) is 7.84. The van der Waals surface area contributed by atoms with Crippen molar-refractivity contribution in [2.75, 3.05) is 0 Å². The van der Waals surface area contributed by atoms with Gasteiger partial charge in [-0.3, -0.25) is 0 Å². The summed E-state index contributed by atoms with van der Waals surface area (Å²) in [7, 11) is 0. The molecule has 0 aliphatic rings. The number of aliphatic hydroxyl groups is 1. The van der Waals surface area contributed by atoms with Crippen molar-refractivity contribution in [3.05, 3.63) is 89.2 Å². The van der Waals surface area contributed by atoms with Crippen LogP contribution in [0.4, 0.5) is 4.39 Å². The highest BCUT2D eigenvalue weighted by Gasteiger charge is 2.08. The fraction of sp³-hybridized carbons (Fsp3) is 0.143. The van der Waals surface area contributed by atoms with Crippen molar-refractivity contribution in [1.82, 2.24) is 0 Å². The van der Waals surface area contributed by atoms with E-state index in [1.54, 1.807) is 6.92 Å². The standard InChI is InChI=1S/C21H19FO2/c1-15-11-18(12-21(22)20(15)13-23)17-7-9-19(10-8-17)24-14-16-5-3-2-4-6-16/h2-12,23H,13-14H2,1H3. The minimum Gasteiger partial charge on any atom is -0.489 e. The number of hydrogen-bond donors (Lipinski definition) is 1. The Balaban J connectivity index is 1.75. The van der Waals surface area contributed by atoms with Crippen LogP contribution >= 0.6 is 0 Å². The minimum atomic E-state index is -0.378. The van der Waals surface area contributed by atoms with Gasteiger partial charge in [0.15, 0.2) is 0 Å². The Kier molecular flexibility index (Phi) is 4.92. The molecule has 2 nitrogen and oxygen atoms in total. The summed E-state index contributed by atoms with van der Waals surface area (Å²) in [6, 6.07) is 20.9. The van der Waals surface area contributed by atoms with Crippen molar-refractivity contribution >= 4 is 0 Å². The summed E-state index contributed by atoms with van der Waals surface area (Å²) in [4.78, 5) is 0. The summed E-state index contributed by atoms with van der Waals surface area (Å²) in [6.45, 7) is 2.03. The van der Waals surface area contributed by atoms with Crippen LogP contribution in [0.1, 0.15) is 16.7 Å². The number of aryl methyl sites for hydroxylation is 1. The van der Waals surface area contributed by atoms with Crippen molar-refractivity contribution in [3.8, 4) is 16.9 Å². The van der Waals surface area contributed by atoms with E-state index in [-0.39, 0.29) is 12.4 Å². The van der Waals surface area contributed by atoms with Crippen molar-refractivity contribution in [2.45, 2.75) is 20.1 Å². The zero-order valence-corrected chi connectivity index (χ0v) is 13.5. The van der Waals surface area contributed by atoms with E-state index in [0.717, 1.165) is 28.0 Å². The molecule has 3 rings (SSSR count). The SMILES string of the molecule is Cc1cc(-c2ccc(OCc3ccccc3)cc2)cc(F)c1CO. The van der Waals surface area contributed by atoms with Gasteiger partial charge in [0.1, 0.15) is 18.2 Å². The van der Waals surface area contributed by atoms with Gasteiger partial charge in [-0.25, -0.2) is 4.39 Å². The topological polar surface area (TPSA) is 29.5 Å². The number of aliphatic hydroxyl groups excluding tert-OH is 1. The Labute approximate surface area is 141 Å². The fourth-order valence-electron chi connectivity index (χ4n) is 2.63. The van der Waals surface area contributed by atoms with Crippen molar-refractivity contribution in [3.63, 3.8) is 0 Å². The maximum atomic E-state index is 14.0. The molecule has 0 aliphatic carbocycles. The fourth-order valence-corrected chi connectivity index (χ4v) is 2.63. The van der Waals surface area contributed by atoms with E-state index in [9.17, 15) is 9.50 Å². The highest BCUT2D eigenvalue weighted by atomic mass is 19.1. The molecule has 0 spiro atoms. The Morgan fingerprint density at radius 1 is 0.917 bits per heavy atom. The second-order valence-corrected chi connectivity index (χ2v) is 5.71. The highest BCUT2D eigenvalue weighted by Crippen LogP contribution is 2.27. The van der Waals surface area contributed by atoms with E-state index in [1.165, 1.54) is 6.07 Å². The van der Waals surface area contributed by atoms with Gasteiger partial charge in [0.2, 0.25) is 0 Å². The average Bonchev–Trinajstić information content (AvgIpc) is 2.61. The van der Waals surface area contributed by atoms with E-state index >= 15 is 0 Å². The van der Waals surface area contributed by atoms with Crippen LogP contribution < -0.4 is 4.74 Å². The molecule has 24 heavy (non-hydrogen) atoms. The molecular weight excluding hydrogens is 303 g/mol. The van der Waals surface area contributed by atoms with Gasteiger partial charge < -0.3 is 9.84 Å². The number of halogens is 1. The summed E-state index contributed by atoms with van der Waals surface area (Å²) in [5.41, 5.74) is 3.91. The third kappa shape index (κ3) is 3.63. The van der Waals surface area contributed by atoms with Crippen LogP contribution in [-0.4, -0.2) is 5.11 Å². The lowest BCUT2D eigenvalue weighted by Gasteiger charge is -2.10. The maximum Gasteiger partial charge on any atom is 0.129 e. The molecule has 1 N–H and O–H groups in total. The van der Waals surface area contributed by atoms with Gasteiger partial charge >= 0.3 is 0 Å². The number of ether oxygens (including phenoxy) is 1. The second kappa shape index (κ2) is 7.28. The van der Waals surface area contributed by atoms with E-state index in [4.69, 9.17) is 4.74 Å². The summed E-state index contributed by atoms with van der Waals surface area (Å²) >= 11 is 0. The third-order valence-electron chi connectivity index (χ3n) is 4.01. The molecule has 0 radical (unpaired) electrons. The maximum absolute atomic E-state index is 14.0. The molecule has 0 atom stereocenters. The van der Waals surface area contributed by atoms with E-state index in [1.807, 2.05) is 60.7 Å². The summed E-state index contributed by atoms with van der Waals surface area (Å²) in [6.07, 6.45) is 0. The van der Waals surface area contributed by atoms with E-state index in [2.05, 4.69) is 0 Å². The molecule has 0 aromatic heterocycles. The van der Waals surface area contributed by atoms with Crippen LogP contribution in [0.15, 0.2) is 66.7 Å². The van der Waals surface area contributed by atoms with Gasteiger partial charge in [-0.05, 0) is 47.4 Å². The molecule has 3 heteroatoms. The predicted molar refractivity (Wildman–Crippen MR) is 93.3 cm³/mol. The van der Waals surface area contributed by atoms with E-state index in [0.29, 0.717) is 12.2 Å². The largest absolute Gasteiger partial charge is 0.489 e.